The van der Waals surface area contributed by atoms with Gasteiger partial charge in [-0.25, -0.2) is 0 Å². The van der Waals surface area contributed by atoms with Crippen LogP contribution in [0, 0.1) is 0 Å². The Labute approximate surface area is 97.5 Å². The first-order valence-electron chi connectivity index (χ1n) is 5.32. The topological polar surface area (TPSA) is 28.2 Å². The molecule has 0 fully saturated rings. The second-order valence-corrected chi connectivity index (χ2v) is 3.80. The molecule has 0 saturated carbocycles. The highest BCUT2D eigenvalue weighted by atomic mass is 15.1. The van der Waals surface area contributed by atoms with Gasteiger partial charge in [-0.2, -0.15) is 0 Å². The summed E-state index contributed by atoms with van der Waals surface area (Å²) in [6.07, 6.45) is 5.45. The molecule has 0 spiro atoms. The minimum absolute atomic E-state index is 0.766. The van der Waals surface area contributed by atoms with E-state index in [0.717, 1.165) is 25.3 Å². The zero-order valence-electron chi connectivity index (χ0n) is 9.82. The number of rotatable bonds is 7. The Morgan fingerprint density at radius 3 is 2.81 bits per heavy atom. The number of nitrogens with zero attached hydrogens (tertiary/aromatic N) is 2. The fourth-order valence-corrected chi connectivity index (χ4v) is 1.45. The molecule has 16 heavy (non-hydrogen) atoms. The summed E-state index contributed by atoms with van der Waals surface area (Å²) in [4.78, 5) is 6.20. The first-order valence-corrected chi connectivity index (χ1v) is 5.32. The number of aromatic nitrogens is 1. The predicted molar refractivity (Wildman–Crippen MR) is 67.9 cm³/mol. The maximum absolute atomic E-state index is 3.99. The third-order valence-corrected chi connectivity index (χ3v) is 2.16. The van der Waals surface area contributed by atoms with Crippen molar-refractivity contribution in [2.75, 3.05) is 20.1 Å². The zero-order chi connectivity index (χ0) is 11.8. The Balaban J connectivity index is 2.33. The van der Waals surface area contributed by atoms with E-state index in [-0.39, 0.29) is 0 Å². The van der Waals surface area contributed by atoms with E-state index in [1.54, 1.807) is 0 Å². The standard InChI is InChI=1S/C13H19N3/c1-4-7-15-12(2)10-16(3)11-13-5-8-14-9-6-13/h4-6,8-9,15H,1-2,7,10-11H2,3H3. The van der Waals surface area contributed by atoms with E-state index in [9.17, 15) is 0 Å². The molecule has 1 aromatic rings. The van der Waals surface area contributed by atoms with Crippen LogP contribution in [-0.4, -0.2) is 30.0 Å². The number of hydrogen-bond donors (Lipinski definition) is 1. The molecule has 0 amide bonds. The highest BCUT2D eigenvalue weighted by Crippen LogP contribution is 2.02. The molecule has 0 aromatic carbocycles. The first kappa shape index (κ1) is 12.5. The number of hydrogen-bond acceptors (Lipinski definition) is 3. The van der Waals surface area contributed by atoms with E-state index >= 15 is 0 Å². The Bertz CT molecular complexity index is 332. The van der Waals surface area contributed by atoms with E-state index in [2.05, 4.69) is 35.4 Å². The first-order chi connectivity index (χ1) is 7.72. The van der Waals surface area contributed by atoms with Crippen molar-refractivity contribution in [1.29, 1.82) is 0 Å². The van der Waals surface area contributed by atoms with Gasteiger partial charge in [-0.05, 0) is 24.7 Å². The van der Waals surface area contributed by atoms with E-state index in [1.807, 2.05) is 30.6 Å². The minimum atomic E-state index is 0.766. The monoisotopic (exact) mass is 217 g/mol. The molecular weight excluding hydrogens is 198 g/mol. The smallest absolute Gasteiger partial charge is 0.0376 e. The molecule has 0 radical (unpaired) electrons. The molecule has 3 heteroatoms. The van der Waals surface area contributed by atoms with Gasteiger partial charge in [0.1, 0.15) is 0 Å². The van der Waals surface area contributed by atoms with Crippen molar-refractivity contribution >= 4 is 0 Å². The Kier molecular flexibility index (Phi) is 5.29. The Morgan fingerprint density at radius 2 is 2.19 bits per heavy atom. The molecule has 0 saturated heterocycles. The lowest BCUT2D eigenvalue weighted by atomic mass is 10.2. The van der Waals surface area contributed by atoms with Crippen LogP contribution in [0.3, 0.4) is 0 Å². The van der Waals surface area contributed by atoms with Crippen LogP contribution in [0.1, 0.15) is 5.56 Å². The molecule has 1 heterocycles. The van der Waals surface area contributed by atoms with Gasteiger partial charge in [-0.1, -0.05) is 12.7 Å². The Hall–Kier alpha value is -1.61. The van der Waals surface area contributed by atoms with Gasteiger partial charge in [0, 0.05) is 37.7 Å². The summed E-state index contributed by atoms with van der Waals surface area (Å²) in [6.45, 7) is 10.1. The molecule has 0 atom stereocenters. The van der Waals surface area contributed by atoms with Crippen molar-refractivity contribution in [3.63, 3.8) is 0 Å². The maximum Gasteiger partial charge on any atom is 0.0376 e. The molecular formula is C13H19N3. The van der Waals surface area contributed by atoms with Gasteiger partial charge in [0.25, 0.3) is 0 Å². The van der Waals surface area contributed by atoms with Crippen molar-refractivity contribution < 1.29 is 0 Å². The molecule has 0 aliphatic heterocycles. The van der Waals surface area contributed by atoms with Gasteiger partial charge in [0.15, 0.2) is 0 Å². The SMILES string of the molecule is C=CCNC(=C)CN(C)Cc1ccncc1. The van der Waals surface area contributed by atoms with E-state index in [0.29, 0.717) is 0 Å². The quantitative estimate of drug-likeness (QED) is 0.706. The summed E-state index contributed by atoms with van der Waals surface area (Å²) in [5.74, 6) is 0. The third kappa shape index (κ3) is 4.75. The largest absolute Gasteiger partial charge is 0.384 e. The zero-order valence-corrected chi connectivity index (χ0v) is 9.82. The summed E-state index contributed by atoms with van der Waals surface area (Å²) in [6, 6.07) is 4.05. The summed E-state index contributed by atoms with van der Waals surface area (Å²) in [7, 11) is 2.07. The molecule has 0 aliphatic carbocycles. The van der Waals surface area contributed by atoms with Gasteiger partial charge in [-0.3, -0.25) is 9.88 Å². The van der Waals surface area contributed by atoms with E-state index in [4.69, 9.17) is 0 Å². The molecule has 0 bridgehead atoms. The van der Waals surface area contributed by atoms with Crippen LogP contribution in [0.5, 0.6) is 0 Å². The molecule has 3 nitrogen and oxygen atoms in total. The highest BCUT2D eigenvalue weighted by Gasteiger charge is 2.01. The summed E-state index contributed by atoms with van der Waals surface area (Å²) >= 11 is 0. The molecule has 86 valence electrons. The van der Waals surface area contributed by atoms with Crippen molar-refractivity contribution in [1.82, 2.24) is 15.2 Å². The third-order valence-electron chi connectivity index (χ3n) is 2.16. The summed E-state index contributed by atoms with van der Waals surface area (Å²) in [5, 5.41) is 3.18. The fourth-order valence-electron chi connectivity index (χ4n) is 1.45. The van der Waals surface area contributed by atoms with Gasteiger partial charge in [-0.15, -0.1) is 6.58 Å². The summed E-state index contributed by atoms with van der Waals surface area (Å²) in [5.41, 5.74) is 2.27. The highest BCUT2D eigenvalue weighted by molar-refractivity contribution is 5.09. The van der Waals surface area contributed by atoms with Crippen LogP contribution in [-0.2, 0) is 6.54 Å². The van der Waals surface area contributed by atoms with Crippen LogP contribution in [0.25, 0.3) is 0 Å². The van der Waals surface area contributed by atoms with Crippen LogP contribution in [0.4, 0.5) is 0 Å². The van der Waals surface area contributed by atoms with Gasteiger partial charge < -0.3 is 5.32 Å². The normalized spacial score (nSPS) is 10.1. The molecule has 0 aliphatic rings. The number of nitrogens with one attached hydrogen (secondary N) is 1. The van der Waals surface area contributed by atoms with Gasteiger partial charge in [0.2, 0.25) is 0 Å². The number of likely N-dealkylation sites (N-methyl/N-ethyl adjacent to an activating group) is 1. The fraction of sp³-hybridized carbons (Fsp3) is 0.308. The van der Waals surface area contributed by atoms with Crippen LogP contribution < -0.4 is 5.32 Å². The van der Waals surface area contributed by atoms with Gasteiger partial charge >= 0.3 is 0 Å². The second kappa shape index (κ2) is 6.80. The Morgan fingerprint density at radius 1 is 1.50 bits per heavy atom. The van der Waals surface area contributed by atoms with Crippen LogP contribution >= 0.6 is 0 Å². The molecule has 1 rings (SSSR count). The second-order valence-electron chi connectivity index (χ2n) is 3.80. The van der Waals surface area contributed by atoms with E-state index in [1.165, 1.54) is 5.56 Å². The average molecular weight is 217 g/mol. The van der Waals surface area contributed by atoms with Crippen molar-refractivity contribution in [2.24, 2.45) is 0 Å². The number of pyridine rings is 1. The molecule has 0 unspecified atom stereocenters. The van der Waals surface area contributed by atoms with E-state index < -0.39 is 0 Å². The molecule has 1 aromatic heterocycles. The minimum Gasteiger partial charge on any atom is -0.384 e. The van der Waals surface area contributed by atoms with Gasteiger partial charge in [0.05, 0.1) is 0 Å². The molecule has 1 N–H and O–H groups in total. The van der Waals surface area contributed by atoms with Crippen LogP contribution in [0.15, 0.2) is 49.5 Å². The van der Waals surface area contributed by atoms with Crippen molar-refractivity contribution in [3.05, 3.63) is 55.0 Å². The lowest BCUT2D eigenvalue weighted by Crippen LogP contribution is -2.26. The van der Waals surface area contributed by atoms with Crippen molar-refractivity contribution in [3.8, 4) is 0 Å². The summed E-state index contributed by atoms with van der Waals surface area (Å²) < 4.78 is 0. The lowest BCUT2D eigenvalue weighted by Gasteiger charge is -2.18. The average Bonchev–Trinajstić information content (AvgIpc) is 2.27. The van der Waals surface area contributed by atoms with Crippen molar-refractivity contribution in [2.45, 2.75) is 6.54 Å². The lowest BCUT2D eigenvalue weighted by molar-refractivity contribution is 0.349. The van der Waals surface area contributed by atoms with Crippen LogP contribution in [0.2, 0.25) is 0 Å². The maximum atomic E-state index is 3.99. The predicted octanol–water partition coefficient (Wildman–Crippen LogP) is 1.80.